The maximum atomic E-state index is 13.0. The molecular weight excluding hydrogens is 334 g/mol. The molecule has 3 aromatic heterocycles. The second-order valence-electron chi connectivity index (χ2n) is 5.92. The molecule has 0 saturated carbocycles. The third-order valence-corrected chi connectivity index (χ3v) is 5.04. The number of aromatic nitrogens is 3. The van der Waals surface area contributed by atoms with E-state index in [0.29, 0.717) is 15.9 Å². The topological polar surface area (TPSA) is 63.4 Å². The Hall–Kier alpha value is -2.98. The van der Waals surface area contributed by atoms with E-state index >= 15 is 0 Å². The highest BCUT2D eigenvalue weighted by molar-refractivity contribution is 7.25. The Morgan fingerprint density at radius 3 is 2.96 bits per heavy atom. The molecule has 0 saturated heterocycles. The molecule has 3 aromatic rings. The monoisotopic (exact) mass is 349 g/mol. The van der Waals surface area contributed by atoms with Gasteiger partial charge in [0, 0.05) is 32.6 Å². The van der Waals surface area contributed by atoms with Gasteiger partial charge in [-0.15, -0.1) is 11.3 Å². The number of rotatable bonds is 2. The molecule has 7 heteroatoms. The van der Waals surface area contributed by atoms with Gasteiger partial charge in [0.05, 0.1) is 22.3 Å². The van der Waals surface area contributed by atoms with E-state index in [1.807, 2.05) is 32.0 Å². The molecular formula is C18H15N5OS. The van der Waals surface area contributed by atoms with E-state index in [1.54, 1.807) is 24.8 Å². The van der Waals surface area contributed by atoms with Gasteiger partial charge in [0.2, 0.25) is 0 Å². The molecule has 0 N–H and O–H groups in total. The summed E-state index contributed by atoms with van der Waals surface area (Å²) in [6, 6.07) is 1.84. The molecule has 0 aliphatic carbocycles. The first-order valence-corrected chi connectivity index (χ1v) is 8.59. The summed E-state index contributed by atoms with van der Waals surface area (Å²) < 4.78 is 2.07. The van der Waals surface area contributed by atoms with Crippen LogP contribution in [0.5, 0.6) is 0 Å². The van der Waals surface area contributed by atoms with E-state index in [1.165, 1.54) is 15.9 Å². The van der Waals surface area contributed by atoms with Crippen LogP contribution in [0.3, 0.4) is 0 Å². The van der Waals surface area contributed by atoms with Crippen LogP contribution in [0.2, 0.25) is 0 Å². The van der Waals surface area contributed by atoms with Crippen molar-refractivity contribution in [2.75, 3.05) is 19.0 Å². The van der Waals surface area contributed by atoms with Gasteiger partial charge in [-0.05, 0) is 13.0 Å². The summed E-state index contributed by atoms with van der Waals surface area (Å²) >= 11 is 1.36. The molecule has 6 nitrogen and oxygen atoms in total. The molecule has 0 aromatic carbocycles. The van der Waals surface area contributed by atoms with Crippen molar-refractivity contribution in [3.05, 3.63) is 35.0 Å². The summed E-state index contributed by atoms with van der Waals surface area (Å²) in [6.45, 7) is 1.91. The summed E-state index contributed by atoms with van der Waals surface area (Å²) in [7, 11) is 3.93. The molecule has 1 atom stereocenters. The van der Waals surface area contributed by atoms with E-state index in [2.05, 4.69) is 26.8 Å². The van der Waals surface area contributed by atoms with E-state index in [-0.39, 0.29) is 11.6 Å². The highest BCUT2D eigenvalue weighted by Gasteiger charge is 2.17. The standard InChI is InChI=1S/C18H15N5OS/c1-11-5-4-6-12(9-20-11)23-10-21-15-14-13(22(2)3)7-8-19-17(14)25-16(15)18(23)24/h6-11H,1-3H3. The minimum Gasteiger partial charge on any atom is -0.377 e. The summed E-state index contributed by atoms with van der Waals surface area (Å²) in [6.07, 6.45) is 6.64. The van der Waals surface area contributed by atoms with Crippen molar-refractivity contribution < 1.29 is 0 Å². The molecule has 124 valence electrons. The Balaban J connectivity index is 1.99. The quantitative estimate of drug-likeness (QED) is 0.667. The number of aliphatic imine (C=N–C) groups is 1. The predicted molar refractivity (Wildman–Crippen MR) is 104 cm³/mol. The average molecular weight is 349 g/mol. The van der Waals surface area contributed by atoms with Gasteiger partial charge in [-0.1, -0.05) is 11.8 Å². The summed E-state index contributed by atoms with van der Waals surface area (Å²) in [5.74, 6) is 5.90. The SMILES string of the molecule is CC1C#CC=C(n2cnc3c(sc4nccc(N(C)C)c43)c2=O)C=N1. The van der Waals surface area contributed by atoms with E-state index < -0.39 is 0 Å². The Bertz CT molecular complexity index is 1170. The van der Waals surface area contributed by atoms with Gasteiger partial charge in [-0.25, -0.2) is 9.97 Å². The summed E-state index contributed by atoms with van der Waals surface area (Å²) in [5.41, 5.74) is 2.17. The fraction of sp³-hybridized carbons (Fsp3) is 0.222. The average Bonchev–Trinajstić information content (AvgIpc) is 2.85. The number of thiophene rings is 1. The Kier molecular flexibility index (Phi) is 3.62. The van der Waals surface area contributed by atoms with Crippen molar-refractivity contribution in [1.29, 1.82) is 0 Å². The fourth-order valence-electron chi connectivity index (χ4n) is 2.72. The lowest BCUT2D eigenvalue weighted by Gasteiger charge is -2.13. The van der Waals surface area contributed by atoms with E-state index in [0.717, 1.165) is 15.9 Å². The molecule has 4 heterocycles. The number of pyridine rings is 1. The van der Waals surface area contributed by atoms with Crippen molar-refractivity contribution in [3.63, 3.8) is 0 Å². The van der Waals surface area contributed by atoms with Gasteiger partial charge in [0.25, 0.3) is 5.56 Å². The van der Waals surface area contributed by atoms with Crippen molar-refractivity contribution in [2.24, 2.45) is 4.99 Å². The number of hydrogen-bond acceptors (Lipinski definition) is 6. The van der Waals surface area contributed by atoms with Crippen LogP contribution < -0.4 is 10.5 Å². The molecule has 4 rings (SSSR count). The van der Waals surface area contributed by atoms with Gasteiger partial charge in [-0.2, -0.15) is 0 Å². The number of fused-ring (bicyclic) bond motifs is 3. The smallest absolute Gasteiger partial charge is 0.276 e. The maximum Gasteiger partial charge on any atom is 0.276 e. The van der Waals surface area contributed by atoms with Crippen molar-refractivity contribution >= 4 is 49.4 Å². The first-order chi connectivity index (χ1) is 12.1. The lowest BCUT2D eigenvalue weighted by atomic mass is 10.2. The van der Waals surface area contributed by atoms with E-state index in [9.17, 15) is 4.79 Å². The highest BCUT2D eigenvalue weighted by Crippen LogP contribution is 2.35. The van der Waals surface area contributed by atoms with Crippen molar-refractivity contribution in [3.8, 4) is 11.8 Å². The van der Waals surface area contributed by atoms with Crippen molar-refractivity contribution in [2.45, 2.75) is 13.0 Å². The molecule has 1 unspecified atom stereocenters. The fourth-order valence-corrected chi connectivity index (χ4v) is 3.77. The molecule has 25 heavy (non-hydrogen) atoms. The molecule has 0 radical (unpaired) electrons. The van der Waals surface area contributed by atoms with Gasteiger partial charge in [0.15, 0.2) is 0 Å². The minimum absolute atomic E-state index is 0.0858. The zero-order valence-electron chi connectivity index (χ0n) is 14.0. The second-order valence-corrected chi connectivity index (χ2v) is 6.92. The zero-order valence-corrected chi connectivity index (χ0v) is 14.8. The van der Waals surface area contributed by atoms with Gasteiger partial charge in [0.1, 0.15) is 21.9 Å². The Morgan fingerprint density at radius 1 is 1.32 bits per heavy atom. The lowest BCUT2D eigenvalue weighted by molar-refractivity contribution is 0.962. The zero-order chi connectivity index (χ0) is 17.6. The van der Waals surface area contributed by atoms with E-state index in [4.69, 9.17) is 0 Å². The van der Waals surface area contributed by atoms with Gasteiger partial charge in [-0.3, -0.25) is 14.4 Å². The third-order valence-electron chi connectivity index (χ3n) is 3.96. The first-order valence-electron chi connectivity index (χ1n) is 7.77. The molecule has 0 fully saturated rings. The predicted octanol–water partition coefficient (Wildman–Crippen LogP) is 2.39. The summed E-state index contributed by atoms with van der Waals surface area (Å²) in [4.78, 5) is 29.1. The molecule has 1 aliphatic rings. The van der Waals surface area contributed by atoms with Crippen LogP contribution >= 0.6 is 11.3 Å². The third kappa shape index (κ3) is 2.51. The normalized spacial score (nSPS) is 16.4. The number of allylic oxidation sites excluding steroid dienone is 2. The number of anilines is 1. The Morgan fingerprint density at radius 2 is 2.16 bits per heavy atom. The highest BCUT2D eigenvalue weighted by atomic mass is 32.1. The van der Waals surface area contributed by atoms with Crippen LogP contribution in [0.4, 0.5) is 5.69 Å². The first kappa shape index (κ1) is 15.5. The largest absolute Gasteiger partial charge is 0.377 e. The van der Waals surface area contributed by atoms with Crippen LogP contribution in [-0.4, -0.2) is 40.9 Å². The second kappa shape index (κ2) is 5.83. The Labute approximate surface area is 148 Å². The van der Waals surface area contributed by atoms with Crippen molar-refractivity contribution in [1.82, 2.24) is 14.5 Å². The van der Waals surface area contributed by atoms with Crippen LogP contribution in [0.15, 0.2) is 34.5 Å². The van der Waals surface area contributed by atoms with Gasteiger partial charge >= 0.3 is 0 Å². The van der Waals surface area contributed by atoms with Crippen LogP contribution in [0.1, 0.15) is 6.92 Å². The van der Waals surface area contributed by atoms with Crippen LogP contribution in [0.25, 0.3) is 26.1 Å². The number of hydrogen-bond donors (Lipinski definition) is 0. The van der Waals surface area contributed by atoms with Crippen LogP contribution in [0, 0.1) is 11.8 Å². The molecule has 0 bridgehead atoms. The number of nitrogens with zero attached hydrogens (tertiary/aromatic N) is 5. The lowest BCUT2D eigenvalue weighted by Crippen LogP contribution is -2.19. The van der Waals surface area contributed by atoms with Gasteiger partial charge < -0.3 is 4.90 Å². The summed E-state index contributed by atoms with van der Waals surface area (Å²) in [5, 5.41) is 0.911. The minimum atomic E-state index is -0.133. The molecule has 1 aliphatic heterocycles. The van der Waals surface area contributed by atoms with Crippen LogP contribution in [-0.2, 0) is 0 Å². The molecule has 0 amide bonds. The maximum absolute atomic E-state index is 13.0. The molecule has 0 spiro atoms.